The van der Waals surface area contributed by atoms with Crippen LogP contribution in [-0.4, -0.2) is 6.54 Å². The van der Waals surface area contributed by atoms with Gasteiger partial charge in [-0.3, -0.25) is 0 Å². The van der Waals surface area contributed by atoms with Crippen molar-refractivity contribution < 1.29 is 13.5 Å². The standard InChI is InChI=1S/C15H13F2NO/c1-9-2-5-14-13(6-9)18-8-15(19-14)11-4-3-10(16)7-12(11)17/h2-7,15,18H,8H2,1H3. The lowest BCUT2D eigenvalue weighted by atomic mass is 10.1. The lowest BCUT2D eigenvalue weighted by Gasteiger charge is -2.28. The molecule has 0 amide bonds. The zero-order chi connectivity index (χ0) is 13.4. The van der Waals surface area contributed by atoms with Gasteiger partial charge in [-0.05, 0) is 36.8 Å². The zero-order valence-electron chi connectivity index (χ0n) is 10.4. The summed E-state index contributed by atoms with van der Waals surface area (Å²) in [5.41, 5.74) is 2.39. The van der Waals surface area contributed by atoms with Gasteiger partial charge >= 0.3 is 0 Å². The molecular weight excluding hydrogens is 248 g/mol. The molecule has 0 fully saturated rings. The van der Waals surface area contributed by atoms with Crippen molar-refractivity contribution in [2.24, 2.45) is 0 Å². The van der Waals surface area contributed by atoms with Crippen molar-refractivity contribution in [3.63, 3.8) is 0 Å². The molecule has 1 aliphatic heterocycles. The zero-order valence-corrected chi connectivity index (χ0v) is 10.4. The summed E-state index contributed by atoms with van der Waals surface area (Å²) in [5.74, 6) is -0.478. The Morgan fingerprint density at radius 1 is 1.16 bits per heavy atom. The van der Waals surface area contributed by atoms with E-state index in [-0.39, 0.29) is 0 Å². The van der Waals surface area contributed by atoms with Gasteiger partial charge in [0, 0.05) is 11.6 Å². The van der Waals surface area contributed by atoms with Crippen molar-refractivity contribution in [2.45, 2.75) is 13.0 Å². The second-order valence-corrected chi connectivity index (χ2v) is 4.65. The summed E-state index contributed by atoms with van der Waals surface area (Å²) in [6.45, 7) is 2.45. The Kier molecular flexibility index (Phi) is 2.85. The van der Waals surface area contributed by atoms with Gasteiger partial charge in [0.1, 0.15) is 23.5 Å². The number of rotatable bonds is 1. The van der Waals surface area contributed by atoms with Crippen molar-refractivity contribution in [3.8, 4) is 5.75 Å². The van der Waals surface area contributed by atoms with Crippen molar-refractivity contribution in [2.75, 3.05) is 11.9 Å². The minimum absolute atomic E-state index is 0.361. The molecule has 0 aliphatic carbocycles. The van der Waals surface area contributed by atoms with Gasteiger partial charge in [0.2, 0.25) is 0 Å². The number of benzene rings is 2. The third-order valence-electron chi connectivity index (χ3n) is 3.19. The smallest absolute Gasteiger partial charge is 0.144 e. The van der Waals surface area contributed by atoms with E-state index in [1.807, 2.05) is 25.1 Å². The maximum atomic E-state index is 13.7. The lowest BCUT2D eigenvalue weighted by molar-refractivity contribution is 0.205. The lowest BCUT2D eigenvalue weighted by Crippen LogP contribution is -2.24. The molecule has 0 spiro atoms. The molecule has 0 radical (unpaired) electrons. The first-order valence-electron chi connectivity index (χ1n) is 6.09. The molecule has 0 aromatic heterocycles. The van der Waals surface area contributed by atoms with E-state index in [9.17, 15) is 8.78 Å². The number of aryl methyl sites for hydroxylation is 1. The van der Waals surface area contributed by atoms with Gasteiger partial charge in [0.25, 0.3) is 0 Å². The molecule has 2 nitrogen and oxygen atoms in total. The van der Waals surface area contributed by atoms with Crippen LogP contribution >= 0.6 is 0 Å². The monoisotopic (exact) mass is 261 g/mol. The normalized spacial score (nSPS) is 17.3. The number of hydrogen-bond acceptors (Lipinski definition) is 2. The largest absolute Gasteiger partial charge is 0.482 e. The van der Waals surface area contributed by atoms with Crippen LogP contribution in [0.5, 0.6) is 5.75 Å². The Bertz CT molecular complexity index is 628. The fraction of sp³-hybridized carbons (Fsp3) is 0.200. The fourth-order valence-corrected chi connectivity index (χ4v) is 2.22. The van der Waals surface area contributed by atoms with Gasteiger partial charge < -0.3 is 10.1 Å². The van der Waals surface area contributed by atoms with Gasteiger partial charge in [-0.25, -0.2) is 8.78 Å². The second-order valence-electron chi connectivity index (χ2n) is 4.65. The van der Waals surface area contributed by atoms with Crippen molar-refractivity contribution >= 4 is 5.69 Å². The highest BCUT2D eigenvalue weighted by Gasteiger charge is 2.23. The third-order valence-corrected chi connectivity index (χ3v) is 3.19. The number of ether oxygens (including phenoxy) is 1. The SMILES string of the molecule is Cc1ccc2c(c1)NCC(c1ccc(F)cc1F)O2. The Labute approximate surface area is 110 Å². The highest BCUT2D eigenvalue weighted by atomic mass is 19.1. The summed E-state index contributed by atoms with van der Waals surface area (Å²) in [7, 11) is 0. The van der Waals surface area contributed by atoms with E-state index in [1.54, 1.807) is 0 Å². The molecule has 1 unspecified atom stereocenters. The maximum Gasteiger partial charge on any atom is 0.144 e. The summed E-state index contributed by atoms with van der Waals surface area (Å²) in [6.07, 6.45) is -0.448. The summed E-state index contributed by atoms with van der Waals surface area (Å²) in [4.78, 5) is 0. The molecule has 2 aromatic carbocycles. The number of hydrogen-bond donors (Lipinski definition) is 1. The van der Waals surface area contributed by atoms with E-state index in [1.165, 1.54) is 12.1 Å². The van der Waals surface area contributed by atoms with E-state index in [2.05, 4.69) is 5.32 Å². The summed E-state index contributed by atoms with van der Waals surface area (Å²) in [5, 5.41) is 3.21. The number of halogens is 2. The van der Waals surface area contributed by atoms with Crippen LogP contribution in [0.4, 0.5) is 14.5 Å². The van der Waals surface area contributed by atoms with Crippen LogP contribution in [0.25, 0.3) is 0 Å². The average molecular weight is 261 g/mol. The van der Waals surface area contributed by atoms with E-state index in [0.717, 1.165) is 17.3 Å². The Morgan fingerprint density at radius 2 is 2.00 bits per heavy atom. The average Bonchev–Trinajstić information content (AvgIpc) is 2.38. The first-order chi connectivity index (χ1) is 9.13. The van der Waals surface area contributed by atoms with Gasteiger partial charge in [-0.2, -0.15) is 0 Å². The fourth-order valence-electron chi connectivity index (χ4n) is 2.22. The minimum atomic E-state index is -0.582. The van der Waals surface area contributed by atoms with E-state index < -0.39 is 17.7 Å². The topological polar surface area (TPSA) is 21.3 Å². The molecule has 1 N–H and O–H groups in total. The molecule has 0 bridgehead atoms. The molecule has 98 valence electrons. The third kappa shape index (κ3) is 2.26. The quantitative estimate of drug-likeness (QED) is 0.842. The molecular formula is C15H13F2NO. The Balaban J connectivity index is 1.91. The number of anilines is 1. The number of nitrogens with one attached hydrogen (secondary N) is 1. The highest BCUT2D eigenvalue weighted by molar-refractivity contribution is 5.59. The maximum absolute atomic E-state index is 13.7. The van der Waals surface area contributed by atoms with Crippen LogP contribution in [0.15, 0.2) is 36.4 Å². The molecule has 4 heteroatoms. The molecule has 3 rings (SSSR count). The van der Waals surface area contributed by atoms with Crippen LogP contribution in [0.2, 0.25) is 0 Å². The van der Waals surface area contributed by atoms with Gasteiger partial charge in [0.15, 0.2) is 0 Å². The van der Waals surface area contributed by atoms with Crippen LogP contribution in [0.1, 0.15) is 17.2 Å². The molecule has 19 heavy (non-hydrogen) atoms. The van der Waals surface area contributed by atoms with E-state index >= 15 is 0 Å². The Morgan fingerprint density at radius 3 is 2.79 bits per heavy atom. The van der Waals surface area contributed by atoms with Crippen molar-refractivity contribution in [3.05, 3.63) is 59.2 Å². The van der Waals surface area contributed by atoms with Gasteiger partial charge in [-0.15, -0.1) is 0 Å². The summed E-state index contributed by atoms with van der Waals surface area (Å²) in [6, 6.07) is 9.31. The first kappa shape index (κ1) is 12.0. The second kappa shape index (κ2) is 4.53. The first-order valence-corrected chi connectivity index (χ1v) is 6.09. The van der Waals surface area contributed by atoms with Crippen LogP contribution in [-0.2, 0) is 0 Å². The summed E-state index contributed by atoms with van der Waals surface area (Å²) >= 11 is 0. The molecule has 1 heterocycles. The van der Waals surface area contributed by atoms with Crippen LogP contribution < -0.4 is 10.1 Å². The predicted octanol–water partition coefficient (Wildman–Crippen LogP) is 3.82. The summed E-state index contributed by atoms with van der Waals surface area (Å²) < 4.78 is 32.4. The minimum Gasteiger partial charge on any atom is -0.482 e. The van der Waals surface area contributed by atoms with Crippen LogP contribution in [0.3, 0.4) is 0 Å². The van der Waals surface area contributed by atoms with Crippen molar-refractivity contribution in [1.82, 2.24) is 0 Å². The van der Waals surface area contributed by atoms with Crippen LogP contribution in [0, 0.1) is 18.6 Å². The molecule has 2 aromatic rings. The number of fused-ring (bicyclic) bond motifs is 1. The van der Waals surface area contributed by atoms with E-state index in [0.29, 0.717) is 17.9 Å². The molecule has 1 atom stereocenters. The van der Waals surface area contributed by atoms with E-state index in [4.69, 9.17) is 4.74 Å². The van der Waals surface area contributed by atoms with Gasteiger partial charge in [-0.1, -0.05) is 6.07 Å². The van der Waals surface area contributed by atoms with Crippen molar-refractivity contribution in [1.29, 1.82) is 0 Å². The van der Waals surface area contributed by atoms with Gasteiger partial charge in [0.05, 0.1) is 12.2 Å². The highest BCUT2D eigenvalue weighted by Crippen LogP contribution is 2.35. The molecule has 0 saturated heterocycles. The molecule has 1 aliphatic rings. The Hall–Kier alpha value is -2.10. The molecule has 0 saturated carbocycles. The predicted molar refractivity (Wildman–Crippen MR) is 69.4 cm³/mol.